The molecule has 4 nitrogen and oxygen atoms in total. The molecule has 1 rings (SSSR count). The van der Waals surface area contributed by atoms with Gasteiger partial charge in [0.15, 0.2) is 11.5 Å². The van der Waals surface area contributed by atoms with E-state index < -0.39 is 5.60 Å². The zero-order valence-corrected chi connectivity index (χ0v) is 14.3. The van der Waals surface area contributed by atoms with Gasteiger partial charge in [-0.2, -0.15) is 0 Å². The van der Waals surface area contributed by atoms with E-state index in [0.717, 1.165) is 5.56 Å². The van der Waals surface area contributed by atoms with Crippen molar-refractivity contribution in [2.75, 3.05) is 20.3 Å². The van der Waals surface area contributed by atoms with Crippen LogP contribution in [0.1, 0.15) is 33.3 Å². The average molecular weight is 316 g/mol. The van der Waals surface area contributed by atoms with Crippen molar-refractivity contribution in [3.8, 4) is 11.5 Å². The van der Waals surface area contributed by atoms with Gasteiger partial charge in [-0.25, -0.2) is 0 Å². The monoisotopic (exact) mass is 315 g/mol. The minimum Gasteiger partial charge on any atom is -0.493 e. The Kier molecular flexibility index (Phi) is 6.78. The van der Waals surface area contributed by atoms with Crippen LogP contribution in [0.4, 0.5) is 0 Å². The molecule has 0 amide bonds. The van der Waals surface area contributed by atoms with Gasteiger partial charge < -0.3 is 19.9 Å². The molecule has 120 valence electrons. The summed E-state index contributed by atoms with van der Waals surface area (Å²) in [6.45, 7) is 9.38. The predicted octanol–water partition coefficient (Wildman–Crippen LogP) is 3.24. The third kappa shape index (κ3) is 5.06. The van der Waals surface area contributed by atoms with Gasteiger partial charge in [0, 0.05) is 13.1 Å². The normalized spacial score (nSPS) is 14.1. The Morgan fingerprint density at radius 3 is 2.57 bits per heavy atom. The van der Waals surface area contributed by atoms with Crippen LogP contribution in [0.2, 0.25) is 5.02 Å². The average Bonchev–Trinajstić information content (AvgIpc) is 2.41. The van der Waals surface area contributed by atoms with Crippen LogP contribution in [0.25, 0.3) is 0 Å². The number of nitrogens with one attached hydrogen (secondary N) is 1. The van der Waals surface area contributed by atoms with Crippen LogP contribution in [0.15, 0.2) is 12.1 Å². The van der Waals surface area contributed by atoms with Crippen molar-refractivity contribution < 1.29 is 14.6 Å². The van der Waals surface area contributed by atoms with E-state index in [1.807, 2.05) is 39.8 Å². The van der Waals surface area contributed by atoms with Gasteiger partial charge in [0.1, 0.15) is 0 Å². The molecule has 0 aliphatic heterocycles. The molecular weight excluding hydrogens is 290 g/mol. The highest BCUT2D eigenvalue weighted by atomic mass is 35.5. The first-order valence-corrected chi connectivity index (χ1v) is 7.62. The van der Waals surface area contributed by atoms with E-state index in [2.05, 4.69) is 5.32 Å². The van der Waals surface area contributed by atoms with Crippen molar-refractivity contribution in [3.05, 3.63) is 22.7 Å². The summed E-state index contributed by atoms with van der Waals surface area (Å²) in [6.07, 6.45) is 0. The van der Waals surface area contributed by atoms with Crippen molar-refractivity contribution in [1.82, 2.24) is 5.32 Å². The van der Waals surface area contributed by atoms with Crippen LogP contribution in [0.3, 0.4) is 0 Å². The zero-order chi connectivity index (χ0) is 16.0. The lowest BCUT2D eigenvalue weighted by atomic mass is 9.92. The maximum absolute atomic E-state index is 10.2. The molecule has 0 aliphatic carbocycles. The molecule has 0 bridgehead atoms. The molecule has 5 heteroatoms. The van der Waals surface area contributed by atoms with Gasteiger partial charge in [-0.05, 0) is 37.5 Å². The molecule has 1 aromatic carbocycles. The molecular formula is C16H26ClNO3. The van der Waals surface area contributed by atoms with E-state index in [1.54, 1.807) is 7.11 Å². The molecule has 0 aliphatic rings. The minimum absolute atomic E-state index is 0.184. The second kappa shape index (κ2) is 7.87. The van der Waals surface area contributed by atoms with Crippen molar-refractivity contribution >= 4 is 11.6 Å². The number of hydrogen-bond donors (Lipinski definition) is 2. The Bertz CT molecular complexity index is 461. The third-order valence-corrected chi connectivity index (χ3v) is 3.91. The van der Waals surface area contributed by atoms with E-state index in [0.29, 0.717) is 36.2 Å². The van der Waals surface area contributed by atoms with E-state index >= 15 is 0 Å². The Morgan fingerprint density at radius 1 is 1.38 bits per heavy atom. The number of methoxy groups -OCH3 is 1. The van der Waals surface area contributed by atoms with Gasteiger partial charge in [-0.15, -0.1) is 0 Å². The summed E-state index contributed by atoms with van der Waals surface area (Å²) in [5, 5.41) is 14.0. The number of benzene rings is 1. The first-order chi connectivity index (χ1) is 9.81. The van der Waals surface area contributed by atoms with Gasteiger partial charge in [-0.1, -0.05) is 25.4 Å². The summed E-state index contributed by atoms with van der Waals surface area (Å²) in [5.74, 6) is 1.37. The molecule has 0 aromatic heterocycles. The number of aliphatic hydroxyl groups is 1. The van der Waals surface area contributed by atoms with Crippen molar-refractivity contribution in [1.29, 1.82) is 0 Å². The predicted molar refractivity (Wildman–Crippen MR) is 86.3 cm³/mol. The summed E-state index contributed by atoms with van der Waals surface area (Å²) >= 11 is 6.23. The first-order valence-electron chi connectivity index (χ1n) is 7.24. The topological polar surface area (TPSA) is 50.7 Å². The molecule has 0 fully saturated rings. The smallest absolute Gasteiger partial charge is 0.179 e. The molecule has 0 radical (unpaired) electrons. The summed E-state index contributed by atoms with van der Waals surface area (Å²) in [7, 11) is 1.59. The summed E-state index contributed by atoms with van der Waals surface area (Å²) in [5.41, 5.74) is 0.249. The van der Waals surface area contributed by atoms with E-state index in [4.69, 9.17) is 21.1 Å². The Morgan fingerprint density at radius 2 is 2.05 bits per heavy atom. The Hall–Kier alpha value is -0.970. The lowest BCUT2D eigenvalue weighted by Gasteiger charge is -2.28. The van der Waals surface area contributed by atoms with Crippen molar-refractivity contribution in [2.45, 2.75) is 39.8 Å². The summed E-state index contributed by atoms with van der Waals surface area (Å²) in [4.78, 5) is 0. The second-order valence-corrected chi connectivity index (χ2v) is 6.06. The number of ether oxygens (including phenoxy) is 2. The van der Waals surface area contributed by atoms with Gasteiger partial charge >= 0.3 is 0 Å². The second-order valence-electron chi connectivity index (χ2n) is 5.66. The first kappa shape index (κ1) is 18.1. The highest BCUT2D eigenvalue weighted by Crippen LogP contribution is 2.36. The molecule has 1 unspecified atom stereocenters. The number of hydrogen-bond acceptors (Lipinski definition) is 4. The fourth-order valence-corrected chi connectivity index (χ4v) is 2.11. The van der Waals surface area contributed by atoms with Crippen LogP contribution in [-0.4, -0.2) is 31.0 Å². The molecule has 2 N–H and O–H groups in total. The van der Waals surface area contributed by atoms with Gasteiger partial charge in [0.05, 0.1) is 24.3 Å². The molecule has 0 saturated carbocycles. The fourth-order valence-electron chi connectivity index (χ4n) is 1.82. The van der Waals surface area contributed by atoms with E-state index in [-0.39, 0.29) is 5.92 Å². The SMILES string of the molecule is CCOc1c(Cl)cc(CNCC(C)(O)C(C)C)cc1OC. The molecule has 0 heterocycles. The molecule has 0 saturated heterocycles. The van der Waals surface area contributed by atoms with E-state index in [1.165, 1.54) is 0 Å². The quantitative estimate of drug-likeness (QED) is 0.773. The van der Waals surface area contributed by atoms with Crippen LogP contribution in [0.5, 0.6) is 11.5 Å². The Labute approximate surface area is 132 Å². The Balaban J connectivity index is 2.75. The van der Waals surface area contributed by atoms with Crippen molar-refractivity contribution in [2.24, 2.45) is 5.92 Å². The van der Waals surface area contributed by atoms with Gasteiger partial charge in [-0.3, -0.25) is 0 Å². The highest BCUT2D eigenvalue weighted by Gasteiger charge is 2.24. The summed E-state index contributed by atoms with van der Waals surface area (Å²) < 4.78 is 10.8. The van der Waals surface area contributed by atoms with Gasteiger partial charge in [0.2, 0.25) is 0 Å². The van der Waals surface area contributed by atoms with Crippen LogP contribution < -0.4 is 14.8 Å². The standard InChI is InChI=1S/C16H26ClNO3/c1-6-21-15-13(17)7-12(8-14(15)20-5)9-18-10-16(4,19)11(2)3/h7-8,11,18-19H,6,9-10H2,1-5H3. The van der Waals surface area contributed by atoms with Crippen LogP contribution >= 0.6 is 11.6 Å². The largest absolute Gasteiger partial charge is 0.493 e. The molecule has 0 spiro atoms. The molecule has 1 aromatic rings. The van der Waals surface area contributed by atoms with Gasteiger partial charge in [0.25, 0.3) is 0 Å². The lowest BCUT2D eigenvalue weighted by Crippen LogP contribution is -2.41. The highest BCUT2D eigenvalue weighted by molar-refractivity contribution is 6.32. The van der Waals surface area contributed by atoms with Crippen LogP contribution in [-0.2, 0) is 6.54 Å². The zero-order valence-electron chi connectivity index (χ0n) is 13.5. The minimum atomic E-state index is -0.737. The van der Waals surface area contributed by atoms with Crippen molar-refractivity contribution in [3.63, 3.8) is 0 Å². The third-order valence-electron chi connectivity index (χ3n) is 3.63. The maximum Gasteiger partial charge on any atom is 0.179 e. The molecule has 1 atom stereocenters. The number of rotatable bonds is 8. The van der Waals surface area contributed by atoms with E-state index in [9.17, 15) is 5.11 Å². The van der Waals surface area contributed by atoms with Crippen LogP contribution in [0, 0.1) is 5.92 Å². The molecule has 21 heavy (non-hydrogen) atoms. The number of halogens is 1. The maximum atomic E-state index is 10.2. The lowest BCUT2D eigenvalue weighted by molar-refractivity contribution is 0.0140. The fraction of sp³-hybridized carbons (Fsp3) is 0.625. The summed E-state index contributed by atoms with van der Waals surface area (Å²) in [6, 6.07) is 3.75.